The number of amides is 1. The van der Waals surface area contributed by atoms with E-state index in [0.29, 0.717) is 13.1 Å². The summed E-state index contributed by atoms with van der Waals surface area (Å²) in [7, 11) is 0. The van der Waals surface area contributed by atoms with Gasteiger partial charge in [-0.1, -0.05) is 0 Å². The molecule has 1 aliphatic rings. The SMILES string of the molecule is O=C(CCOCC(COCCC(=O)Oc1c(F)c(F)c(F)c(F)c1F)(COCCC(=O)Oc1c(F)c(F)c(F)c(F)c1F)NC(=O)C1CCNCC1)Oc1c(F)c(F)c(F)c(F)c1F. The van der Waals surface area contributed by atoms with Crippen LogP contribution in [0.3, 0.4) is 0 Å². The summed E-state index contributed by atoms with van der Waals surface area (Å²) in [5.74, 6) is -49.5. The van der Waals surface area contributed by atoms with Crippen LogP contribution in [0.5, 0.6) is 17.2 Å². The molecule has 3 aromatic rings. The van der Waals surface area contributed by atoms with Gasteiger partial charge in [0.15, 0.2) is 0 Å². The first kappa shape index (κ1) is 51.0. The molecule has 0 atom stereocenters. The Morgan fingerprint density at radius 2 is 0.688 bits per heavy atom. The fourth-order valence-electron chi connectivity index (χ4n) is 5.47. The van der Waals surface area contributed by atoms with Crippen LogP contribution in [0.15, 0.2) is 0 Å². The highest BCUT2D eigenvalue weighted by molar-refractivity contribution is 5.79. The Kier molecular flexibility index (Phi) is 17.8. The fourth-order valence-corrected chi connectivity index (χ4v) is 5.47. The molecule has 0 radical (unpaired) electrons. The molecule has 12 nitrogen and oxygen atoms in total. The van der Waals surface area contributed by atoms with Gasteiger partial charge in [0.2, 0.25) is 110 Å². The molecular formula is C37H29F15N2O10. The zero-order chi connectivity index (χ0) is 47.6. The molecule has 1 heterocycles. The maximum atomic E-state index is 14.0. The minimum Gasteiger partial charge on any atom is -0.420 e. The lowest BCUT2D eigenvalue weighted by Gasteiger charge is -2.36. The van der Waals surface area contributed by atoms with E-state index in [0.717, 1.165) is 0 Å². The second-order valence-corrected chi connectivity index (χ2v) is 13.3. The molecule has 2 N–H and O–H groups in total. The first-order valence-electron chi connectivity index (χ1n) is 18.0. The van der Waals surface area contributed by atoms with Crippen LogP contribution in [0.2, 0.25) is 0 Å². The van der Waals surface area contributed by atoms with Crippen LogP contribution in [0.4, 0.5) is 65.9 Å². The summed E-state index contributed by atoms with van der Waals surface area (Å²) in [6.07, 6.45) is -2.51. The predicted molar refractivity (Wildman–Crippen MR) is 178 cm³/mol. The summed E-state index contributed by atoms with van der Waals surface area (Å²) in [5.41, 5.74) is -2.04. The van der Waals surface area contributed by atoms with Crippen molar-refractivity contribution in [1.29, 1.82) is 0 Å². The second kappa shape index (κ2) is 22.3. The maximum Gasteiger partial charge on any atom is 0.313 e. The van der Waals surface area contributed by atoms with Crippen LogP contribution in [0, 0.1) is 93.2 Å². The highest BCUT2D eigenvalue weighted by Gasteiger charge is 2.37. The molecule has 1 aliphatic heterocycles. The van der Waals surface area contributed by atoms with E-state index in [-0.39, 0.29) is 12.8 Å². The minimum atomic E-state index is -2.55. The number of carbonyl (C=O) groups excluding carboxylic acids is 4. The lowest BCUT2D eigenvalue weighted by Crippen LogP contribution is -2.60. The first-order chi connectivity index (χ1) is 30.1. The summed E-state index contributed by atoms with van der Waals surface area (Å²) >= 11 is 0. The van der Waals surface area contributed by atoms with E-state index in [9.17, 15) is 85.0 Å². The minimum absolute atomic E-state index is 0.237. The van der Waals surface area contributed by atoms with E-state index in [2.05, 4.69) is 24.8 Å². The van der Waals surface area contributed by atoms with Crippen molar-refractivity contribution in [3.8, 4) is 17.2 Å². The number of esters is 3. The molecule has 1 fully saturated rings. The van der Waals surface area contributed by atoms with E-state index in [1.54, 1.807) is 0 Å². The zero-order valence-electron chi connectivity index (χ0n) is 32.0. The van der Waals surface area contributed by atoms with Gasteiger partial charge in [0.25, 0.3) is 0 Å². The first-order valence-corrected chi connectivity index (χ1v) is 18.0. The zero-order valence-corrected chi connectivity index (χ0v) is 32.0. The Labute approximate surface area is 348 Å². The molecule has 1 amide bonds. The number of hydrogen-bond donors (Lipinski definition) is 2. The Balaban J connectivity index is 1.51. The summed E-state index contributed by atoms with van der Waals surface area (Å²) in [5, 5.41) is 5.52. The molecule has 1 saturated heterocycles. The topological polar surface area (TPSA) is 148 Å². The van der Waals surface area contributed by atoms with Gasteiger partial charge in [0, 0.05) is 5.92 Å². The van der Waals surface area contributed by atoms with Crippen molar-refractivity contribution in [3.05, 3.63) is 87.3 Å². The number of hydrogen-bond acceptors (Lipinski definition) is 11. The molecule has 0 spiro atoms. The van der Waals surface area contributed by atoms with Crippen molar-refractivity contribution < 1.29 is 113 Å². The van der Waals surface area contributed by atoms with Crippen molar-refractivity contribution in [1.82, 2.24) is 10.6 Å². The van der Waals surface area contributed by atoms with Crippen LogP contribution in [-0.4, -0.2) is 82.1 Å². The molecule has 64 heavy (non-hydrogen) atoms. The predicted octanol–water partition coefficient (Wildman–Crippen LogP) is 5.96. The van der Waals surface area contributed by atoms with Gasteiger partial charge in [-0.05, 0) is 25.9 Å². The molecule has 4 rings (SSSR count). The molecular weight excluding hydrogens is 917 g/mol. The number of ether oxygens (including phenoxy) is 6. The van der Waals surface area contributed by atoms with Gasteiger partial charge >= 0.3 is 17.9 Å². The van der Waals surface area contributed by atoms with Crippen molar-refractivity contribution >= 4 is 23.8 Å². The fraction of sp³-hybridized carbons (Fsp3) is 0.405. The van der Waals surface area contributed by atoms with Crippen LogP contribution in [-0.2, 0) is 33.4 Å². The van der Waals surface area contributed by atoms with Crippen molar-refractivity contribution in [2.75, 3.05) is 52.7 Å². The largest absolute Gasteiger partial charge is 0.420 e. The van der Waals surface area contributed by atoms with E-state index < -0.39 is 199 Å². The Hall–Kier alpha value is -5.67. The summed E-state index contributed by atoms with van der Waals surface area (Å²) < 4.78 is 235. The van der Waals surface area contributed by atoms with Gasteiger partial charge in [-0.2, -0.15) is 26.3 Å². The molecule has 0 saturated carbocycles. The number of piperidine rings is 1. The normalized spacial score (nSPS) is 13.2. The number of rotatable bonds is 20. The van der Waals surface area contributed by atoms with Gasteiger partial charge in [-0.15, -0.1) is 0 Å². The third kappa shape index (κ3) is 12.1. The smallest absolute Gasteiger partial charge is 0.313 e. The average molecular weight is 947 g/mol. The van der Waals surface area contributed by atoms with Gasteiger partial charge in [0.05, 0.1) is 58.9 Å². The van der Waals surface area contributed by atoms with E-state index >= 15 is 0 Å². The molecule has 0 aliphatic carbocycles. The molecule has 3 aromatic carbocycles. The van der Waals surface area contributed by atoms with Gasteiger partial charge in [-0.3, -0.25) is 19.2 Å². The highest BCUT2D eigenvalue weighted by atomic mass is 19.2. The highest BCUT2D eigenvalue weighted by Crippen LogP contribution is 2.32. The van der Waals surface area contributed by atoms with E-state index in [1.807, 2.05) is 0 Å². The number of benzene rings is 3. The standard InChI is InChI=1S/C37H29F15N2O10/c38-18-21(41)27(47)33(28(48)22(18)42)62-15(55)3-8-59-11-37(54-36(58)14-1-6-53-7-2-14,12-60-9-4-16(56)63-34-29(49)23(43)19(39)24(44)30(34)50)13-61-10-5-17(57)64-35-31(51)25(45)20(40)26(46)32(35)52/h14,53H,1-13H2,(H,54,58). The van der Waals surface area contributed by atoms with Crippen molar-refractivity contribution in [2.45, 2.75) is 37.6 Å². The third-order valence-electron chi connectivity index (χ3n) is 8.74. The van der Waals surface area contributed by atoms with E-state index in [1.165, 1.54) is 0 Å². The summed E-state index contributed by atoms with van der Waals surface area (Å²) in [6.45, 7) is -4.34. The molecule has 0 unspecified atom stereocenters. The lowest BCUT2D eigenvalue weighted by molar-refractivity contribution is -0.139. The Bertz CT molecular complexity index is 1960. The van der Waals surface area contributed by atoms with Gasteiger partial charge < -0.3 is 39.1 Å². The van der Waals surface area contributed by atoms with Gasteiger partial charge in [-0.25, -0.2) is 39.5 Å². The average Bonchev–Trinajstić information content (AvgIpc) is 3.28. The van der Waals surface area contributed by atoms with Crippen LogP contribution in [0.25, 0.3) is 0 Å². The van der Waals surface area contributed by atoms with Crippen LogP contribution >= 0.6 is 0 Å². The van der Waals surface area contributed by atoms with Crippen molar-refractivity contribution in [3.63, 3.8) is 0 Å². The maximum absolute atomic E-state index is 14.0. The molecule has 352 valence electrons. The van der Waals surface area contributed by atoms with Crippen molar-refractivity contribution in [2.24, 2.45) is 5.92 Å². The third-order valence-corrected chi connectivity index (χ3v) is 8.74. The summed E-state index contributed by atoms with van der Waals surface area (Å²) in [6, 6.07) is 0. The number of carbonyl (C=O) groups is 4. The quantitative estimate of drug-likeness (QED) is 0.0345. The Morgan fingerprint density at radius 1 is 0.438 bits per heavy atom. The number of halogens is 15. The Morgan fingerprint density at radius 3 is 0.953 bits per heavy atom. The molecule has 0 bridgehead atoms. The van der Waals surface area contributed by atoms with Crippen LogP contribution < -0.4 is 24.8 Å². The number of nitrogens with one attached hydrogen (secondary N) is 2. The summed E-state index contributed by atoms with van der Waals surface area (Å²) in [4.78, 5) is 50.5. The second-order valence-electron chi connectivity index (χ2n) is 13.3. The molecule has 0 aromatic heterocycles. The monoisotopic (exact) mass is 946 g/mol. The molecule has 27 heteroatoms. The van der Waals surface area contributed by atoms with E-state index in [4.69, 9.17) is 14.2 Å². The van der Waals surface area contributed by atoms with Gasteiger partial charge in [0.1, 0.15) is 5.54 Å². The van der Waals surface area contributed by atoms with Crippen LogP contribution in [0.1, 0.15) is 32.1 Å². The lowest BCUT2D eigenvalue weighted by atomic mass is 9.94.